The minimum Gasteiger partial charge on any atom is -0.465 e. The number of amides is 2. The van der Waals surface area contributed by atoms with E-state index in [-0.39, 0.29) is 25.4 Å². The van der Waals surface area contributed by atoms with Crippen molar-refractivity contribution in [2.75, 3.05) is 13.1 Å². The quantitative estimate of drug-likeness (QED) is 0.424. The van der Waals surface area contributed by atoms with Crippen LogP contribution in [0.15, 0.2) is 0 Å². The van der Waals surface area contributed by atoms with Crippen LogP contribution in [-0.4, -0.2) is 41.4 Å². The highest BCUT2D eigenvalue weighted by molar-refractivity contribution is 5.76. The van der Waals surface area contributed by atoms with E-state index >= 15 is 0 Å². The number of rotatable bonds is 5. The Balaban J connectivity index is 3.32. The number of carboxylic acid groups (broad SMARTS) is 1. The van der Waals surface area contributed by atoms with Gasteiger partial charge in [-0.15, -0.1) is 0 Å². The van der Waals surface area contributed by atoms with Gasteiger partial charge in [0.15, 0.2) is 0 Å². The summed E-state index contributed by atoms with van der Waals surface area (Å²) < 4.78 is 0. The topological polar surface area (TPSA) is 98.7 Å². The highest BCUT2D eigenvalue weighted by atomic mass is 16.4. The molecule has 0 aromatic heterocycles. The number of aliphatic hydroxyl groups excluding tert-OH is 1. The average Bonchev–Trinajstić information content (AvgIpc) is 1.96. The van der Waals surface area contributed by atoms with Crippen LogP contribution in [-0.2, 0) is 4.79 Å². The van der Waals surface area contributed by atoms with Crippen LogP contribution in [0.4, 0.5) is 4.79 Å². The summed E-state index contributed by atoms with van der Waals surface area (Å²) in [6, 6.07) is 0. The van der Waals surface area contributed by atoms with Crippen molar-refractivity contribution in [1.29, 1.82) is 0 Å². The largest absolute Gasteiger partial charge is 0.465 e. The zero-order chi connectivity index (χ0) is 10.3. The number of aliphatic hydroxyl groups is 1. The minimum atomic E-state index is -1.12. The van der Waals surface area contributed by atoms with Gasteiger partial charge in [-0.25, -0.2) is 4.79 Å². The van der Waals surface area contributed by atoms with E-state index in [1.54, 1.807) is 0 Å². The van der Waals surface area contributed by atoms with Gasteiger partial charge < -0.3 is 20.8 Å². The van der Waals surface area contributed by atoms with Crippen molar-refractivity contribution in [1.82, 2.24) is 10.6 Å². The van der Waals surface area contributed by atoms with Gasteiger partial charge in [0.25, 0.3) is 0 Å². The molecule has 0 saturated carbocycles. The van der Waals surface area contributed by atoms with Crippen molar-refractivity contribution in [3.05, 3.63) is 0 Å². The Labute approximate surface area is 75.9 Å². The molecule has 0 aromatic carbocycles. The molecule has 1 atom stereocenters. The molecule has 0 radical (unpaired) electrons. The molecule has 6 nitrogen and oxygen atoms in total. The van der Waals surface area contributed by atoms with Gasteiger partial charge in [0.2, 0.25) is 5.91 Å². The second-order valence-corrected chi connectivity index (χ2v) is 2.64. The van der Waals surface area contributed by atoms with Crippen molar-refractivity contribution in [2.45, 2.75) is 19.4 Å². The van der Waals surface area contributed by atoms with Crippen LogP contribution in [0, 0.1) is 0 Å². The SMILES string of the molecule is CC(O)CC(=O)NCCNC(=O)O. The molecule has 0 fully saturated rings. The zero-order valence-electron chi connectivity index (χ0n) is 7.41. The number of nitrogens with one attached hydrogen (secondary N) is 2. The van der Waals surface area contributed by atoms with E-state index < -0.39 is 12.2 Å². The molecule has 0 aliphatic carbocycles. The Hall–Kier alpha value is -1.30. The minimum absolute atomic E-state index is 0.0348. The zero-order valence-corrected chi connectivity index (χ0v) is 7.41. The summed E-state index contributed by atoms with van der Waals surface area (Å²) in [6.45, 7) is 1.91. The second kappa shape index (κ2) is 6.24. The highest BCUT2D eigenvalue weighted by Crippen LogP contribution is 1.87. The van der Waals surface area contributed by atoms with Crippen molar-refractivity contribution in [3.8, 4) is 0 Å². The molecular weight excluding hydrogens is 176 g/mol. The highest BCUT2D eigenvalue weighted by Gasteiger charge is 2.04. The number of carbonyl (C=O) groups is 2. The fourth-order valence-corrected chi connectivity index (χ4v) is 0.712. The Morgan fingerprint density at radius 3 is 2.31 bits per heavy atom. The molecular formula is C7H14N2O4. The van der Waals surface area contributed by atoms with Gasteiger partial charge in [0, 0.05) is 13.1 Å². The maximum atomic E-state index is 10.9. The van der Waals surface area contributed by atoms with E-state index in [0.717, 1.165) is 0 Å². The molecule has 0 aliphatic heterocycles. The lowest BCUT2D eigenvalue weighted by molar-refractivity contribution is -0.122. The first-order chi connectivity index (χ1) is 6.02. The van der Waals surface area contributed by atoms with E-state index in [1.807, 2.05) is 0 Å². The molecule has 76 valence electrons. The molecule has 6 heteroatoms. The number of carbonyl (C=O) groups excluding carboxylic acids is 1. The summed E-state index contributed by atoms with van der Waals surface area (Å²) in [5, 5.41) is 21.5. The third-order valence-corrected chi connectivity index (χ3v) is 1.20. The Morgan fingerprint density at radius 1 is 1.31 bits per heavy atom. The molecule has 13 heavy (non-hydrogen) atoms. The van der Waals surface area contributed by atoms with Crippen molar-refractivity contribution in [2.24, 2.45) is 0 Å². The van der Waals surface area contributed by atoms with Crippen LogP contribution in [0.25, 0.3) is 0 Å². The molecule has 4 N–H and O–H groups in total. The second-order valence-electron chi connectivity index (χ2n) is 2.64. The van der Waals surface area contributed by atoms with Gasteiger partial charge >= 0.3 is 6.09 Å². The summed E-state index contributed by atoms with van der Waals surface area (Å²) in [6.07, 6.45) is -1.76. The average molecular weight is 190 g/mol. The molecule has 0 bridgehead atoms. The van der Waals surface area contributed by atoms with E-state index in [2.05, 4.69) is 10.6 Å². The Kier molecular flexibility index (Phi) is 5.62. The van der Waals surface area contributed by atoms with Crippen LogP contribution < -0.4 is 10.6 Å². The molecule has 2 amide bonds. The lowest BCUT2D eigenvalue weighted by Gasteiger charge is -2.06. The van der Waals surface area contributed by atoms with Crippen LogP contribution in [0.3, 0.4) is 0 Å². The van der Waals surface area contributed by atoms with Gasteiger partial charge in [-0.05, 0) is 6.92 Å². The summed E-state index contributed by atoms with van der Waals surface area (Å²) in [4.78, 5) is 20.8. The van der Waals surface area contributed by atoms with Gasteiger partial charge in [-0.1, -0.05) is 0 Å². The standard InChI is InChI=1S/C7H14N2O4/c1-5(10)4-6(11)8-2-3-9-7(12)13/h5,9-10H,2-4H2,1H3,(H,8,11)(H,12,13). The van der Waals surface area contributed by atoms with Crippen LogP contribution in [0.1, 0.15) is 13.3 Å². The first-order valence-corrected chi connectivity index (χ1v) is 3.94. The summed E-state index contributed by atoms with van der Waals surface area (Å²) in [5.74, 6) is -0.290. The van der Waals surface area contributed by atoms with E-state index in [4.69, 9.17) is 10.2 Å². The summed E-state index contributed by atoms with van der Waals surface area (Å²) in [5.41, 5.74) is 0. The van der Waals surface area contributed by atoms with Crippen LogP contribution in [0.2, 0.25) is 0 Å². The van der Waals surface area contributed by atoms with Crippen molar-refractivity contribution >= 4 is 12.0 Å². The molecule has 0 spiro atoms. The maximum Gasteiger partial charge on any atom is 0.404 e. The van der Waals surface area contributed by atoms with E-state index in [0.29, 0.717) is 0 Å². The molecule has 0 saturated heterocycles. The Morgan fingerprint density at radius 2 is 1.85 bits per heavy atom. The monoisotopic (exact) mass is 190 g/mol. The van der Waals surface area contributed by atoms with Crippen molar-refractivity contribution < 1.29 is 19.8 Å². The molecule has 1 unspecified atom stereocenters. The molecule has 0 aromatic rings. The normalized spacial score (nSPS) is 11.8. The first-order valence-electron chi connectivity index (χ1n) is 3.94. The molecule has 0 rings (SSSR count). The van der Waals surface area contributed by atoms with E-state index in [1.165, 1.54) is 6.92 Å². The molecule has 0 aliphatic rings. The fourth-order valence-electron chi connectivity index (χ4n) is 0.712. The summed E-state index contributed by atoms with van der Waals surface area (Å²) >= 11 is 0. The summed E-state index contributed by atoms with van der Waals surface area (Å²) in [7, 11) is 0. The van der Waals surface area contributed by atoms with Gasteiger partial charge in [0.1, 0.15) is 0 Å². The van der Waals surface area contributed by atoms with Crippen LogP contribution >= 0.6 is 0 Å². The first kappa shape index (κ1) is 11.7. The van der Waals surface area contributed by atoms with E-state index in [9.17, 15) is 9.59 Å². The van der Waals surface area contributed by atoms with Gasteiger partial charge in [0.05, 0.1) is 12.5 Å². The third-order valence-electron chi connectivity index (χ3n) is 1.20. The third kappa shape index (κ3) is 8.61. The lowest BCUT2D eigenvalue weighted by atomic mass is 10.3. The predicted octanol–water partition coefficient (Wildman–Crippen LogP) is -0.859. The van der Waals surface area contributed by atoms with Gasteiger partial charge in [-0.3, -0.25) is 4.79 Å². The number of hydrogen-bond acceptors (Lipinski definition) is 3. The van der Waals surface area contributed by atoms with Crippen molar-refractivity contribution in [3.63, 3.8) is 0 Å². The lowest BCUT2D eigenvalue weighted by Crippen LogP contribution is -2.34. The van der Waals surface area contributed by atoms with Crippen LogP contribution in [0.5, 0.6) is 0 Å². The Bertz CT molecular complexity index is 181. The maximum absolute atomic E-state index is 10.9. The predicted molar refractivity (Wildman–Crippen MR) is 45.3 cm³/mol. The fraction of sp³-hybridized carbons (Fsp3) is 0.714. The number of hydrogen-bond donors (Lipinski definition) is 4. The van der Waals surface area contributed by atoms with Gasteiger partial charge in [-0.2, -0.15) is 0 Å². The smallest absolute Gasteiger partial charge is 0.404 e. The molecule has 0 heterocycles.